The Balaban J connectivity index is 1.57. The summed E-state index contributed by atoms with van der Waals surface area (Å²) in [6.07, 6.45) is 4.83. The Morgan fingerprint density at radius 1 is 1.33 bits per heavy atom. The zero-order valence-corrected chi connectivity index (χ0v) is 15.7. The number of carbonyl (C=O) groups excluding carboxylic acids is 1. The first-order valence-corrected chi connectivity index (χ1v) is 9.76. The topological polar surface area (TPSA) is 91.8 Å². The van der Waals surface area contributed by atoms with Crippen LogP contribution in [-0.2, 0) is 0 Å². The number of nitrogens with one attached hydrogen (secondary N) is 1. The molecule has 1 N–H and O–H groups in total. The van der Waals surface area contributed by atoms with Crippen LogP contribution >= 0.6 is 11.3 Å². The van der Waals surface area contributed by atoms with Crippen molar-refractivity contribution in [3.63, 3.8) is 0 Å². The molecule has 4 rings (SSSR count). The number of carbonyl (C=O) groups is 1. The number of aromatic nitrogens is 4. The molecule has 1 atom stereocenters. The number of likely N-dealkylation sites (tertiary alicyclic amines) is 1. The molecule has 3 aromatic heterocycles. The Hall–Kier alpha value is -2.87. The van der Waals surface area contributed by atoms with Gasteiger partial charge in [-0.3, -0.25) is 14.6 Å². The fourth-order valence-corrected chi connectivity index (χ4v) is 3.93. The third kappa shape index (κ3) is 3.80. The van der Waals surface area contributed by atoms with Gasteiger partial charge in [-0.15, -0.1) is 0 Å². The molecule has 138 valence electrons. The van der Waals surface area contributed by atoms with Gasteiger partial charge in [0.05, 0.1) is 17.6 Å². The highest BCUT2D eigenvalue weighted by molar-refractivity contribution is 7.08. The Morgan fingerprint density at radius 3 is 2.96 bits per heavy atom. The third-order valence-corrected chi connectivity index (χ3v) is 5.36. The summed E-state index contributed by atoms with van der Waals surface area (Å²) in [7, 11) is 0. The van der Waals surface area contributed by atoms with Crippen molar-refractivity contribution in [1.29, 1.82) is 0 Å². The lowest BCUT2D eigenvalue weighted by molar-refractivity contribution is 0.0698. The fraction of sp³-hybridized carbons (Fsp3) is 0.316. The van der Waals surface area contributed by atoms with Gasteiger partial charge in [-0.25, -0.2) is 9.97 Å². The maximum atomic E-state index is 12.7. The average molecular weight is 381 g/mol. The number of nitrogens with zero attached hydrogens (tertiary/aromatic N) is 4. The van der Waals surface area contributed by atoms with Crippen molar-refractivity contribution in [2.24, 2.45) is 0 Å². The molecule has 0 bridgehead atoms. The van der Waals surface area contributed by atoms with Gasteiger partial charge in [-0.05, 0) is 31.2 Å². The molecule has 7 nitrogen and oxygen atoms in total. The van der Waals surface area contributed by atoms with Crippen molar-refractivity contribution in [3.8, 4) is 11.3 Å². The summed E-state index contributed by atoms with van der Waals surface area (Å²) >= 11 is 1.57. The summed E-state index contributed by atoms with van der Waals surface area (Å²) in [5.41, 5.74) is 2.55. The Bertz CT molecular complexity index is 998. The maximum Gasteiger partial charge on any atom is 0.274 e. The number of hydrogen-bond donors (Lipinski definition) is 1. The summed E-state index contributed by atoms with van der Waals surface area (Å²) in [4.78, 5) is 42.5. The molecule has 1 aliphatic rings. The van der Waals surface area contributed by atoms with E-state index in [1.165, 1.54) is 12.3 Å². The molecular formula is C19H19N5O2S. The number of piperidine rings is 1. The zero-order chi connectivity index (χ0) is 18.8. The largest absolute Gasteiger partial charge is 0.337 e. The third-order valence-electron chi connectivity index (χ3n) is 4.67. The van der Waals surface area contributed by atoms with Crippen LogP contribution in [0.25, 0.3) is 11.3 Å². The van der Waals surface area contributed by atoms with Gasteiger partial charge in [-0.1, -0.05) is 0 Å². The highest BCUT2D eigenvalue weighted by Gasteiger charge is 2.28. The minimum atomic E-state index is -0.172. The van der Waals surface area contributed by atoms with E-state index in [4.69, 9.17) is 0 Å². The van der Waals surface area contributed by atoms with Crippen molar-refractivity contribution >= 4 is 17.2 Å². The first-order valence-electron chi connectivity index (χ1n) is 8.82. The van der Waals surface area contributed by atoms with E-state index >= 15 is 0 Å². The van der Waals surface area contributed by atoms with Crippen molar-refractivity contribution in [3.05, 3.63) is 62.9 Å². The second-order valence-corrected chi connectivity index (χ2v) is 7.44. The summed E-state index contributed by atoms with van der Waals surface area (Å²) in [5, 5.41) is 3.93. The minimum Gasteiger partial charge on any atom is -0.337 e. The van der Waals surface area contributed by atoms with Gasteiger partial charge in [0.25, 0.3) is 11.5 Å². The smallest absolute Gasteiger partial charge is 0.274 e. The van der Waals surface area contributed by atoms with Crippen molar-refractivity contribution < 1.29 is 4.79 Å². The minimum absolute atomic E-state index is 0.00704. The molecule has 1 amide bonds. The number of rotatable bonds is 3. The van der Waals surface area contributed by atoms with E-state index in [0.29, 0.717) is 30.3 Å². The quantitative estimate of drug-likeness (QED) is 0.753. The first kappa shape index (κ1) is 17.5. The van der Waals surface area contributed by atoms with Crippen LogP contribution in [0.3, 0.4) is 0 Å². The predicted molar refractivity (Wildman–Crippen MR) is 103 cm³/mol. The molecule has 1 aliphatic heterocycles. The fourth-order valence-electron chi connectivity index (χ4n) is 3.28. The van der Waals surface area contributed by atoms with Crippen LogP contribution in [0.15, 0.2) is 40.1 Å². The van der Waals surface area contributed by atoms with Gasteiger partial charge in [0.1, 0.15) is 11.5 Å². The molecule has 1 saturated heterocycles. The SMILES string of the molecule is Cc1cnc(C(=O)N2CCCC(c3nc(-c4ccsc4)cc(=O)[nH]3)C2)cn1. The van der Waals surface area contributed by atoms with Crippen LogP contribution in [-0.4, -0.2) is 43.8 Å². The molecule has 1 fully saturated rings. The molecule has 0 radical (unpaired) electrons. The van der Waals surface area contributed by atoms with Gasteiger partial charge < -0.3 is 9.88 Å². The normalized spacial score (nSPS) is 17.1. The van der Waals surface area contributed by atoms with Crippen LogP contribution in [0.1, 0.15) is 40.8 Å². The standard InChI is InChI=1S/C19H19N5O2S/c1-12-8-21-16(9-20-12)19(26)24-5-2-3-13(10-24)18-22-15(7-17(25)23-18)14-4-6-27-11-14/h4,6-9,11,13H,2-3,5,10H2,1H3,(H,22,23,25). The monoisotopic (exact) mass is 381 g/mol. The van der Waals surface area contributed by atoms with Gasteiger partial charge >= 0.3 is 0 Å². The van der Waals surface area contributed by atoms with Crippen molar-refractivity contribution in [2.45, 2.75) is 25.7 Å². The van der Waals surface area contributed by atoms with Gasteiger partial charge in [-0.2, -0.15) is 11.3 Å². The van der Waals surface area contributed by atoms with Crippen LogP contribution < -0.4 is 5.56 Å². The average Bonchev–Trinajstić information content (AvgIpc) is 3.23. The summed E-state index contributed by atoms with van der Waals surface area (Å²) in [5.74, 6) is 0.493. The Kier molecular flexibility index (Phi) is 4.81. The van der Waals surface area contributed by atoms with E-state index < -0.39 is 0 Å². The number of hydrogen-bond acceptors (Lipinski definition) is 6. The molecule has 0 spiro atoms. The highest BCUT2D eigenvalue weighted by Crippen LogP contribution is 2.26. The molecule has 8 heteroatoms. The van der Waals surface area contributed by atoms with Crippen LogP contribution in [0, 0.1) is 6.92 Å². The van der Waals surface area contributed by atoms with E-state index in [-0.39, 0.29) is 17.4 Å². The highest BCUT2D eigenvalue weighted by atomic mass is 32.1. The predicted octanol–water partition coefficient (Wildman–Crippen LogP) is 2.62. The van der Waals surface area contributed by atoms with Crippen molar-refractivity contribution in [2.75, 3.05) is 13.1 Å². The number of aryl methyl sites for hydroxylation is 1. The van der Waals surface area contributed by atoms with E-state index in [9.17, 15) is 9.59 Å². The maximum absolute atomic E-state index is 12.7. The van der Waals surface area contributed by atoms with Gasteiger partial charge in [0, 0.05) is 42.2 Å². The van der Waals surface area contributed by atoms with Crippen LogP contribution in [0.4, 0.5) is 0 Å². The van der Waals surface area contributed by atoms with Gasteiger partial charge in [0.15, 0.2) is 0 Å². The van der Waals surface area contributed by atoms with Gasteiger partial charge in [0.2, 0.25) is 0 Å². The van der Waals surface area contributed by atoms with Crippen LogP contribution in [0.5, 0.6) is 0 Å². The lowest BCUT2D eigenvalue weighted by Crippen LogP contribution is -2.40. The second kappa shape index (κ2) is 7.40. The number of H-pyrrole nitrogens is 1. The molecule has 0 aliphatic carbocycles. The summed E-state index contributed by atoms with van der Waals surface area (Å²) in [6, 6.07) is 3.46. The molecule has 4 heterocycles. The molecular weight excluding hydrogens is 362 g/mol. The zero-order valence-electron chi connectivity index (χ0n) is 14.9. The molecule has 0 saturated carbocycles. The number of thiophene rings is 1. The summed E-state index contributed by atoms with van der Waals surface area (Å²) in [6.45, 7) is 3.00. The number of aromatic amines is 1. The molecule has 3 aromatic rings. The van der Waals surface area contributed by atoms with Crippen molar-refractivity contribution in [1.82, 2.24) is 24.8 Å². The lowest BCUT2D eigenvalue weighted by Gasteiger charge is -2.32. The second-order valence-electron chi connectivity index (χ2n) is 6.66. The molecule has 27 heavy (non-hydrogen) atoms. The van der Waals surface area contributed by atoms with E-state index in [0.717, 1.165) is 24.1 Å². The van der Waals surface area contributed by atoms with E-state index in [2.05, 4.69) is 19.9 Å². The van der Waals surface area contributed by atoms with Crippen LogP contribution in [0.2, 0.25) is 0 Å². The molecule has 0 aromatic carbocycles. The van der Waals surface area contributed by atoms with E-state index in [1.54, 1.807) is 22.4 Å². The summed E-state index contributed by atoms with van der Waals surface area (Å²) < 4.78 is 0. The first-order chi connectivity index (χ1) is 13.1. The molecule has 1 unspecified atom stereocenters. The Morgan fingerprint density at radius 2 is 2.22 bits per heavy atom. The Labute approximate surface area is 160 Å². The lowest BCUT2D eigenvalue weighted by atomic mass is 9.96. The number of amides is 1. The van der Waals surface area contributed by atoms with E-state index in [1.807, 2.05) is 23.8 Å².